The topological polar surface area (TPSA) is 34.2 Å². The average Bonchev–Trinajstić information content (AvgIpc) is 2.81. The highest BCUT2D eigenvalue weighted by Gasteiger charge is 2.38. The van der Waals surface area contributed by atoms with Gasteiger partial charge in [0.25, 0.3) is 0 Å². The maximum Gasteiger partial charge on any atom is 0.167 e. The molecule has 0 unspecified atom stereocenters. The van der Waals surface area contributed by atoms with Crippen LogP contribution in [0.4, 0.5) is 11.4 Å². The van der Waals surface area contributed by atoms with Crippen molar-refractivity contribution in [3.8, 4) is 11.5 Å². The van der Waals surface area contributed by atoms with E-state index in [1.165, 1.54) is 0 Å². The highest BCUT2D eigenvalue weighted by molar-refractivity contribution is 6.31. The molecule has 2 aromatic carbocycles. The molecule has 0 aromatic heterocycles. The van der Waals surface area contributed by atoms with E-state index in [0.29, 0.717) is 23.3 Å². The van der Waals surface area contributed by atoms with Gasteiger partial charge in [-0.3, -0.25) is 0 Å². The standard InChI is InChI=1S/C18H16Cl2N2O3/c19-11-1-3-15-13(7-11)21-5-6-22-14-8-12(20)2-4-16(14)24-10-18(22)25-17(21)9-23-15/h1-4,7-8,17-18H,5-6,9-10H2/t17-,18-/m1/s1. The Kier molecular flexibility index (Phi) is 3.62. The molecule has 3 aliphatic heterocycles. The number of anilines is 2. The molecule has 130 valence electrons. The van der Waals surface area contributed by atoms with Gasteiger partial charge in [0.05, 0.1) is 11.4 Å². The van der Waals surface area contributed by atoms with E-state index >= 15 is 0 Å². The number of fused-ring (bicyclic) bond motifs is 6. The number of hydrogen-bond donors (Lipinski definition) is 0. The van der Waals surface area contributed by atoms with Crippen molar-refractivity contribution in [3.63, 3.8) is 0 Å². The van der Waals surface area contributed by atoms with Gasteiger partial charge in [-0.2, -0.15) is 0 Å². The Balaban J connectivity index is 1.50. The first kappa shape index (κ1) is 15.4. The molecular weight excluding hydrogens is 363 g/mol. The molecule has 0 amide bonds. The fourth-order valence-corrected chi connectivity index (χ4v) is 3.97. The second-order valence-electron chi connectivity index (χ2n) is 6.28. The average molecular weight is 379 g/mol. The van der Waals surface area contributed by atoms with Crippen LogP contribution in [-0.2, 0) is 4.74 Å². The first-order valence-electron chi connectivity index (χ1n) is 8.22. The first-order valence-corrected chi connectivity index (χ1v) is 8.98. The molecule has 1 fully saturated rings. The lowest BCUT2D eigenvalue weighted by molar-refractivity contribution is -0.0528. The van der Waals surface area contributed by atoms with Gasteiger partial charge in [0.15, 0.2) is 12.5 Å². The van der Waals surface area contributed by atoms with Crippen molar-refractivity contribution in [1.29, 1.82) is 0 Å². The summed E-state index contributed by atoms with van der Waals surface area (Å²) < 4.78 is 18.1. The highest BCUT2D eigenvalue weighted by Crippen LogP contribution is 2.41. The van der Waals surface area contributed by atoms with Crippen LogP contribution in [0.3, 0.4) is 0 Å². The third-order valence-electron chi connectivity index (χ3n) is 4.81. The summed E-state index contributed by atoms with van der Waals surface area (Å²) in [7, 11) is 0. The molecule has 0 bridgehead atoms. The first-order chi connectivity index (χ1) is 12.2. The van der Waals surface area contributed by atoms with E-state index in [2.05, 4.69) is 9.80 Å². The predicted molar refractivity (Wildman–Crippen MR) is 97.2 cm³/mol. The lowest BCUT2D eigenvalue weighted by Gasteiger charge is -2.38. The van der Waals surface area contributed by atoms with Crippen molar-refractivity contribution in [3.05, 3.63) is 46.4 Å². The molecule has 0 radical (unpaired) electrons. The maximum absolute atomic E-state index is 6.33. The van der Waals surface area contributed by atoms with Gasteiger partial charge in [0, 0.05) is 23.1 Å². The minimum Gasteiger partial charge on any atom is -0.487 e. The van der Waals surface area contributed by atoms with E-state index in [1.807, 2.05) is 36.4 Å². The molecule has 25 heavy (non-hydrogen) atoms. The van der Waals surface area contributed by atoms with Crippen LogP contribution in [0.25, 0.3) is 0 Å². The summed E-state index contributed by atoms with van der Waals surface area (Å²) in [4.78, 5) is 4.43. The van der Waals surface area contributed by atoms with E-state index in [4.69, 9.17) is 37.4 Å². The summed E-state index contributed by atoms with van der Waals surface area (Å²) in [6.45, 7) is 2.54. The molecule has 5 nitrogen and oxygen atoms in total. The Labute approximate surface area is 155 Å². The van der Waals surface area contributed by atoms with Crippen LogP contribution in [0.5, 0.6) is 11.5 Å². The Hall–Kier alpha value is -1.82. The number of halogens is 2. The van der Waals surface area contributed by atoms with Crippen molar-refractivity contribution in [2.75, 3.05) is 36.1 Å². The van der Waals surface area contributed by atoms with Crippen molar-refractivity contribution >= 4 is 34.6 Å². The molecule has 1 saturated heterocycles. The Bertz CT molecular complexity index is 764. The largest absolute Gasteiger partial charge is 0.487 e. The van der Waals surface area contributed by atoms with Gasteiger partial charge < -0.3 is 24.0 Å². The molecular formula is C18H16Cl2N2O3. The van der Waals surface area contributed by atoms with Crippen molar-refractivity contribution in [2.45, 2.75) is 12.5 Å². The third kappa shape index (κ3) is 2.58. The van der Waals surface area contributed by atoms with Crippen LogP contribution in [-0.4, -0.2) is 38.8 Å². The van der Waals surface area contributed by atoms with Gasteiger partial charge >= 0.3 is 0 Å². The summed E-state index contributed by atoms with van der Waals surface area (Å²) in [5.74, 6) is 1.67. The maximum atomic E-state index is 6.33. The molecule has 3 aliphatic rings. The molecule has 0 spiro atoms. The van der Waals surface area contributed by atoms with E-state index in [0.717, 1.165) is 36.0 Å². The Morgan fingerprint density at radius 2 is 1.24 bits per heavy atom. The second-order valence-corrected chi connectivity index (χ2v) is 7.15. The lowest BCUT2D eigenvalue weighted by Crippen LogP contribution is -2.48. The number of benzene rings is 2. The van der Waals surface area contributed by atoms with E-state index in [9.17, 15) is 0 Å². The van der Waals surface area contributed by atoms with Gasteiger partial charge in [0.2, 0.25) is 0 Å². The molecule has 3 heterocycles. The zero-order chi connectivity index (χ0) is 17.0. The fourth-order valence-electron chi connectivity index (χ4n) is 3.64. The molecule has 5 rings (SSSR count). The summed E-state index contributed by atoms with van der Waals surface area (Å²) in [5.41, 5.74) is 1.94. The number of hydrogen-bond acceptors (Lipinski definition) is 5. The fraction of sp³-hybridized carbons (Fsp3) is 0.333. The summed E-state index contributed by atoms with van der Waals surface area (Å²) in [5, 5.41) is 1.37. The predicted octanol–water partition coefficient (Wildman–Crippen LogP) is 3.77. The minimum atomic E-state index is -0.176. The Morgan fingerprint density at radius 3 is 1.72 bits per heavy atom. The van der Waals surface area contributed by atoms with Crippen LogP contribution in [0, 0.1) is 0 Å². The SMILES string of the molecule is Clc1ccc2c(c1)N1CCN3c4cc(Cl)ccc4OC[C@H]3O[C@@H]1CO2. The van der Waals surface area contributed by atoms with Gasteiger partial charge in [-0.25, -0.2) is 0 Å². The quantitative estimate of drug-likeness (QED) is 0.696. The van der Waals surface area contributed by atoms with E-state index < -0.39 is 0 Å². The normalized spacial score (nSPS) is 24.1. The van der Waals surface area contributed by atoms with Gasteiger partial charge in [0.1, 0.15) is 24.7 Å². The number of rotatable bonds is 0. The zero-order valence-corrected chi connectivity index (χ0v) is 14.8. The number of ether oxygens (including phenoxy) is 3. The van der Waals surface area contributed by atoms with Crippen LogP contribution < -0.4 is 19.3 Å². The van der Waals surface area contributed by atoms with E-state index in [1.54, 1.807) is 0 Å². The third-order valence-corrected chi connectivity index (χ3v) is 5.29. The smallest absolute Gasteiger partial charge is 0.167 e. The molecule has 0 aliphatic carbocycles. The van der Waals surface area contributed by atoms with Crippen LogP contribution in [0.15, 0.2) is 36.4 Å². The Morgan fingerprint density at radius 1 is 0.760 bits per heavy atom. The molecule has 2 aromatic rings. The second kappa shape index (κ2) is 5.87. The highest BCUT2D eigenvalue weighted by atomic mass is 35.5. The lowest BCUT2D eigenvalue weighted by atomic mass is 10.2. The monoisotopic (exact) mass is 378 g/mol. The van der Waals surface area contributed by atoms with Gasteiger partial charge in [-0.05, 0) is 36.4 Å². The summed E-state index contributed by atoms with van der Waals surface area (Å²) in [6.07, 6.45) is -0.351. The number of nitrogens with zero attached hydrogens (tertiary/aromatic N) is 2. The molecule has 0 N–H and O–H groups in total. The zero-order valence-electron chi connectivity index (χ0n) is 13.3. The minimum absolute atomic E-state index is 0.176. The van der Waals surface area contributed by atoms with Crippen LogP contribution >= 0.6 is 23.2 Å². The molecule has 2 atom stereocenters. The van der Waals surface area contributed by atoms with Crippen molar-refractivity contribution in [2.24, 2.45) is 0 Å². The van der Waals surface area contributed by atoms with Gasteiger partial charge in [-0.15, -0.1) is 0 Å². The van der Waals surface area contributed by atoms with Crippen LogP contribution in [0.1, 0.15) is 0 Å². The van der Waals surface area contributed by atoms with Crippen LogP contribution in [0.2, 0.25) is 10.0 Å². The molecule has 7 heteroatoms. The van der Waals surface area contributed by atoms with Crippen molar-refractivity contribution < 1.29 is 14.2 Å². The van der Waals surface area contributed by atoms with Gasteiger partial charge in [-0.1, -0.05) is 23.2 Å². The summed E-state index contributed by atoms with van der Waals surface area (Å²) >= 11 is 12.4. The summed E-state index contributed by atoms with van der Waals surface area (Å²) in [6, 6.07) is 11.4. The van der Waals surface area contributed by atoms with E-state index in [-0.39, 0.29) is 12.5 Å². The molecule has 0 saturated carbocycles. The van der Waals surface area contributed by atoms with Crippen molar-refractivity contribution in [1.82, 2.24) is 0 Å².